The van der Waals surface area contributed by atoms with Crippen LogP contribution in [0.2, 0.25) is 5.02 Å². The highest BCUT2D eigenvalue weighted by Gasteiger charge is 2.21. The van der Waals surface area contributed by atoms with Crippen molar-refractivity contribution >= 4 is 29.0 Å². The van der Waals surface area contributed by atoms with Crippen LogP contribution < -0.4 is 9.47 Å². The van der Waals surface area contributed by atoms with Gasteiger partial charge in [0.2, 0.25) is 0 Å². The number of alkyl halides is 1. The van der Waals surface area contributed by atoms with Crippen molar-refractivity contribution in [2.45, 2.75) is 12.3 Å². The van der Waals surface area contributed by atoms with Crippen LogP contribution in [0.1, 0.15) is 17.3 Å². The van der Waals surface area contributed by atoms with Crippen LogP contribution in [0.3, 0.4) is 0 Å². The third-order valence-electron chi connectivity index (χ3n) is 2.11. The summed E-state index contributed by atoms with van der Waals surface area (Å²) >= 11 is 11.8. The maximum Gasteiger partial charge on any atom is 0.184 e. The molecular formula is C11H12Cl2O3. The fraction of sp³-hybridized carbons (Fsp3) is 0.364. The molecule has 1 unspecified atom stereocenters. The molecule has 0 amide bonds. The standard InChI is InChI=1S/C11H12Cl2O3/c1-6(12)10(14)7-4-5-8(15-2)9(13)11(7)16-3/h4-6H,1-3H3. The third kappa shape index (κ3) is 2.42. The predicted molar refractivity (Wildman–Crippen MR) is 64.2 cm³/mol. The van der Waals surface area contributed by atoms with E-state index in [1.807, 2.05) is 0 Å². The number of methoxy groups -OCH3 is 2. The summed E-state index contributed by atoms with van der Waals surface area (Å²) in [6.07, 6.45) is 0. The number of ether oxygens (including phenoxy) is 2. The van der Waals surface area contributed by atoms with Crippen LogP contribution in [-0.4, -0.2) is 25.4 Å². The Labute approximate surface area is 104 Å². The molecule has 0 heterocycles. The first-order valence-electron chi connectivity index (χ1n) is 4.61. The van der Waals surface area contributed by atoms with Crippen molar-refractivity contribution in [3.63, 3.8) is 0 Å². The Kier molecular flexibility index (Phi) is 4.44. The predicted octanol–water partition coefficient (Wildman–Crippen LogP) is 3.17. The van der Waals surface area contributed by atoms with Crippen molar-refractivity contribution in [2.24, 2.45) is 0 Å². The molecule has 0 bridgehead atoms. The van der Waals surface area contributed by atoms with Crippen molar-refractivity contribution in [2.75, 3.05) is 14.2 Å². The lowest BCUT2D eigenvalue weighted by Crippen LogP contribution is -2.12. The van der Waals surface area contributed by atoms with E-state index in [9.17, 15) is 4.79 Å². The first-order valence-corrected chi connectivity index (χ1v) is 5.43. The monoisotopic (exact) mass is 262 g/mol. The van der Waals surface area contributed by atoms with E-state index in [0.717, 1.165) is 0 Å². The second-order valence-corrected chi connectivity index (χ2v) is 4.18. The summed E-state index contributed by atoms with van der Waals surface area (Å²) in [4.78, 5) is 11.8. The lowest BCUT2D eigenvalue weighted by Gasteiger charge is -2.12. The second-order valence-electron chi connectivity index (χ2n) is 3.14. The topological polar surface area (TPSA) is 35.5 Å². The van der Waals surface area contributed by atoms with Crippen LogP contribution in [0.25, 0.3) is 0 Å². The zero-order valence-electron chi connectivity index (χ0n) is 9.21. The first kappa shape index (κ1) is 13.1. The van der Waals surface area contributed by atoms with Gasteiger partial charge in [-0.2, -0.15) is 0 Å². The Balaban J connectivity index is 3.31. The van der Waals surface area contributed by atoms with Gasteiger partial charge in [-0.05, 0) is 19.1 Å². The Bertz CT molecular complexity index is 402. The fourth-order valence-electron chi connectivity index (χ4n) is 1.30. The summed E-state index contributed by atoms with van der Waals surface area (Å²) < 4.78 is 10.1. The molecular weight excluding hydrogens is 251 g/mol. The lowest BCUT2D eigenvalue weighted by atomic mass is 10.1. The Morgan fingerprint density at radius 1 is 1.31 bits per heavy atom. The zero-order chi connectivity index (χ0) is 12.3. The van der Waals surface area contributed by atoms with Crippen LogP contribution in [0.15, 0.2) is 12.1 Å². The molecule has 1 atom stereocenters. The number of hydrogen-bond donors (Lipinski definition) is 0. The smallest absolute Gasteiger partial charge is 0.184 e. The number of rotatable bonds is 4. The molecule has 0 N–H and O–H groups in total. The van der Waals surface area contributed by atoms with E-state index in [-0.39, 0.29) is 10.8 Å². The van der Waals surface area contributed by atoms with Gasteiger partial charge in [-0.25, -0.2) is 0 Å². The highest BCUT2D eigenvalue weighted by atomic mass is 35.5. The average Bonchev–Trinajstić information content (AvgIpc) is 2.27. The van der Waals surface area contributed by atoms with Crippen molar-refractivity contribution in [3.8, 4) is 11.5 Å². The third-order valence-corrected chi connectivity index (χ3v) is 2.67. The zero-order valence-corrected chi connectivity index (χ0v) is 10.7. The number of halogens is 2. The van der Waals surface area contributed by atoms with E-state index in [0.29, 0.717) is 17.1 Å². The van der Waals surface area contributed by atoms with E-state index >= 15 is 0 Å². The molecule has 0 fully saturated rings. The number of hydrogen-bond acceptors (Lipinski definition) is 3. The van der Waals surface area contributed by atoms with E-state index in [1.54, 1.807) is 19.1 Å². The minimum atomic E-state index is -0.627. The van der Waals surface area contributed by atoms with E-state index in [4.69, 9.17) is 32.7 Å². The molecule has 0 aliphatic heterocycles. The van der Waals surface area contributed by atoms with Gasteiger partial charge >= 0.3 is 0 Å². The van der Waals surface area contributed by atoms with Crippen LogP contribution in [0.5, 0.6) is 11.5 Å². The largest absolute Gasteiger partial charge is 0.495 e. The molecule has 0 saturated heterocycles. The number of benzene rings is 1. The van der Waals surface area contributed by atoms with E-state index < -0.39 is 5.38 Å². The molecule has 0 aliphatic rings. The van der Waals surface area contributed by atoms with Gasteiger partial charge in [0, 0.05) is 0 Å². The molecule has 1 aromatic rings. The highest BCUT2D eigenvalue weighted by molar-refractivity contribution is 6.36. The van der Waals surface area contributed by atoms with Crippen molar-refractivity contribution in [1.82, 2.24) is 0 Å². The quantitative estimate of drug-likeness (QED) is 0.618. The van der Waals surface area contributed by atoms with Crippen LogP contribution >= 0.6 is 23.2 Å². The Morgan fingerprint density at radius 2 is 1.94 bits per heavy atom. The van der Waals surface area contributed by atoms with E-state index in [1.165, 1.54) is 14.2 Å². The minimum absolute atomic E-state index is 0.233. The molecule has 3 nitrogen and oxygen atoms in total. The highest BCUT2D eigenvalue weighted by Crippen LogP contribution is 2.37. The molecule has 0 saturated carbocycles. The summed E-state index contributed by atoms with van der Waals surface area (Å²) in [6.45, 7) is 1.60. The summed E-state index contributed by atoms with van der Waals surface area (Å²) in [5.41, 5.74) is 0.357. The van der Waals surface area contributed by atoms with Gasteiger partial charge in [-0.15, -0.1) is 11.6 Å². The maximum absolute atomic E-state index is 11.8. The molecule has 88 valence electrons. The van der Waals surface area contributed by atoms with Gasteiger partial charge < -0.3 is 9.47 Å². The Hall–Kier alpha value is -0.930. The summed E-state index contributed by atoms with van der Waals surface area (Å²) in [5.74, 6) is 0.513. The first-order chi connectivity index (χ1) is 7.52. The molecule has 5 heteroatoms. The van der Waals surface area contributed by atoms with Crippen LogP contribution in [-0.2, 0) is 0 Å². The van der Waals surface area contributed by atoms with Gasteiger partial charge in [-0.1, -0.05) is 11.6 Å². The van der Waals surface area contributed by atoms with Crippen LogP contribution in [0.4, 0.5) is 0 Å². The molecule has 0 spiro atoms. The van der Waals surface area contributed by atoms with Gasteiger partial charge in [-0.3, -0.25) is 4.79 Å². The number of carbonyl (C=O) groups is 1. The van der Waals surface area contributed by atoms with Crippen molar-refractivity contribution in [3.05, 3.63) is 22.7 Å². The number of ketones is 1. The van der Waals surface area contributed by atoms with Crippen molar-refractivity contribution < 1.29 is 14.3 Å². The van der Waals surface area contributed by atoms with Gasteiger partial charge in [0.05, 0.1) is 25.2 Å². The van der Waals surface area contributed by atoms with Crippen LogP contribution in [0, 0.1) is 0 Å². The summed E-state index contributed by atoms with van der Waals surface area (Å²) in [6, 6.07) is 3.20. The van der Waals surface area contributed by atoms with E-state index in [2.05, 4.69) is 0 Å². The summed E-state index contributed by atoms with van der Waals surface area (Å²) in [7, 11) is 2.93. The fourth-order valence-corrected chi connectivity index (χ4v) is 1.74. The van der Waals surface area contributed by atoms with Crippen molar-refractivity contribution in [1.29, 1.82) is 0 Å². The minimum Gasteiger partial charge on any atom is -0.495 e. The molecule has 1 rings (SSSR count). The van der Waals surface area contributed by atoms with Gasteiger partial charge in [0.25, 0.3) is 0 Å². The van der Waals surface area contributed by atoms with Gasteiger partial charge in [0.15, 0.2) is 11.5 Å². The molecule has 0 radical (unpaired) electrons. The van der Waals surface area contributed by atoms with Gasteiger partial charge in [0.1, 0.15) is 10.8 Å². The molecule has 0 aromatic heterocycles. The number of carbonyl (C=O) groups excluding carboxylic acids is 1. The Morgan fingerprint density at radius 3 is 2.38 bits per heavy atom. The summed E-state index contributed by atoms with van der Waals surface area (Å²) in [5, 5.41) is -0.355. The number of Topliss-reactive ketones (excluding diaryl/α,β-unsaturated/α-hetero) is 1. The maximum atomic E-state index is 11.8. The second kappa shape index (κ2) is 5.41. The molecule has 0 aliphatic carbocycles. The molecule has 16 heavy (non-hydrogen) atoms. The molecule has 1 aromatic carbocycles. The normalized spacial score (nSPS) is 12.1. The SMILES string of the molecule is COc1ccc(C(=O)C(C)Cl)c(OC)c1Cl. The lowest BCUT2D eigenvalue weighted by molar-refractivity contribution is 0.0989. The average molecular weight is 263 g/mol.